The summed E-state index contributed by atoms with van der Waals surface area (Å²) in [6.45, 7) is 12.5. The van der Waals surface area contributed by atoms with Crippen molar-refractivity contribution in [2.24, 2.45) is 0 Å². The largest absolute Gasteiger partial charge is 0.544 e. The Morgan fingerprint density at radius 1 is 1.13 bits per heavy atom. The zero-order chi connectivity index (χ0) is 23.6. The van der Waals surface area contributed by atoms with E-state index < -0.39 is 24.1 Å². The minimum Gasteiger partial charge on any atom is -0.544 e. The number of methoxy groups -OCH3 is 1. The van der Waals surface area contributed by atoms with Crippen molar-refractivity contribution in [1.82, 2.24) is 0 Å². The van der Waals surface area contributed by atoms with E-state index in [2.05, 4.69) is 55.1 Å². The fourth-order valence-electron chi connectivity index (χ4n) is 2.66. The topological polar surface area (TPSA) is 81.7 Å². The molecule has 0 aliphatic heterocycles. The minimum atomic E-state index is -3.64. The SMILES string of the molecule is COC(=O)c1cc(Br)cc(C)c1NCS(=O)(=O)c1ccc(O[Si](C)(C)C(C)(C)C)cc1. The zero-order valence-electron chi connectivity index (χ0n) is 19.0. The van der Waals surface area contributed by atoms with Crippen LogP contribution >= 0.6 is 15.9 Å². The van der Waals surface area contributed by atoms with Gasteiger partial charge in [-0.3, -0.25) is 0 Å². The number of aryl methyl sites for hydroxylation is 1. The number of esters is 1. The molecule has 1 N–H and O–H groups in total. The summed E-state index contributed by atoms with van der Waals surface area (Å²) in [5.41, 5.74) is 1.42. The first-order valence-corrected chi connectivity index (χ1v) is 15.2. The second-order valence-corrected chi connectivity index (χ2v) is 16.5. The summed E-state index contributed by atoms with van der Waals surface area (Å²) in [6.07, 6.45) is 0. The Bertz CT molecular complexity index is 1060. The van der Waals surface area contributed by atoms with E-state index in [-0.39, 0.29) is 21.4 Å². The van der Waals surface area contributed by atoms with Crippen molar-refractivity contribution in [2.45, 2.75) is 50.7 Å². The average molecular weight is 529 g/mol. The van der Waals surface area contributed by atoms with Crippen LogP contribution in [0, 0.1) is 6.92 Å². The number of halogens is 1. The molecule has 0 unspecified atom stereocenters. The van der Waals surface area contributed by atoms with E-state index in [0.717, 1.165) is 5.56 Å². The molecule has 0 saturated heterocycles. The third kappa shape index (κ3) is 6.11. The molecule has 2 aromatic carbocycles. The number of sulfone groups is 1. The van der Waals surface area contributed by atoms with Crippen LogP contribution in [-0.2, 0) is 14.6 Å². The summed E-state index contributed by atoms with van der Waals surface area (Å²) in [6, 6.07) is 9.88. The van der Waals surface area contributed by atoms with Gasteiger partial charge in [-0.2, -0.15) is 0 Å². The molecule has 0 saturated carbocycles. The van der Waals surface area contributed by atoms with Crippen LogP contribution < -0.4 is 9.74 Å². The molecule has 0 aromatic heterocycles. The van der Waals surface area contributed by atoms with E-state index in [1.54, 1.807) is 43.3 Å². The van der Waals surface area contributed by atoms with Crippen LogP contribution in [0.5, 0.6) is 5.75 Å². The molecule has 31 heavy (non-hydrogen) atoms. The lowest BCUT2D eigenvalue weighted by atomic mass is 10.1. The number of carbonyl (C=O) groups excluding carboxylic acids is 1. The highest BCUT2D eigenvalue weighted by molar-refractivity contribution is 9.10. The van der Waals surface area contributed by atoms with Crippen LogP contribution in [0.3, 0.4) is 0 Å². The average Bonchev–Trinajstić information content (AvgIpc) is 2.65. The van der Waals surface area contributed by atoms with Gasteiger partial charge in [0.2, 0.25) is 8.32 Å². The van der Waals surface area contributed by atoms with E-state index in [4.69, 9.17) is 9.16 Å². The van der Waals surface area contributed by atoms with Crippen LogP contribution in [0.2, 0.25) is 18.1 Å². The van der Waals surface area contributed by atoms with E-state index >= 15 is 0 Å². The van der Waals surface area contributed by atoms with Gasteiger partial charge in [0.1, 0.15) is 11.6 Å². The van der Waals surface area contributed by atoms with Crippen molar-refractivity contribution in [3.05, 3.63) is 52.0 Å². The number of nitrogens with one attached hydrogen (secondary N) is 1. The van der Waals surface area contributed by atoms with Gasteiger partial charge in [-0.15, -0.1) is 0 Å². The van der Waals surface area contributed by atoms with E-state index in [1.165, 1.54) is 7.11 Å². The summed E-state index contributed by atoms with van der Waals surface area (Å²) in [5.74, 6) is -0.242. The Morgan fingerprint density at radius 3 is 2.23 bits per heavy atom. The third-order valence-electron chi connectivity index (χ3n) is 5.51. The Morgan fingerprint density at radius 2 is 1.71 bits per heavy atom. The molecular weight excluding hydrogens is 498 g/mol. The molecule has 0 heterocycles. The maximum absolute atomic E-state index is 12.9. The van der Waals surface area contributed by atoms with Crippen molar-refractivity contribution < 1.29 is 22.4 Å². The van der Waals surface area contributed by atoms with E-state index in [1.807, 2.05) is 0 Å². The van der Waals surface area contributed by atoms with Crippen molar-refractivity contribution in [1.29, 1.82) is 0 Å². The lowest BCUT2D eigenvalue weighted by molar-refractivity contribution is 0.0601. The lowest BCUT2D eigenvalue weighted by Crippen LogP contribution is -2.43. The Balaban J connectivity index is 2.22. The number of anilines is 1. The van der Waals surface area contributed by atoms with Gasteiger partial charge in [-0.25, -0.2) is 13.2 Å². The lowest BCUT2D eigenvalue weighted by Gasteiger charge is -2.36. The molecule has 2 rings (SSSR count). The molecule has 0 atom stereocenters. The molecule has 0 amide bonds. The molecule has 9 heteroatoms. The molecular formula is C22H30BrNO5SSi. The van der Waals surface area contributed by atoms with Crippen molar-refractivity contribution in [2.75, 3.05) is 18.3 Å². The molecule has 0 aliphatic carbocycles. The normalized spacial score (nSPS) is 12.4. The number of ether oxygens (including phenoxy) is 1. The Labute approximate surface area is 194 Å². The standard InChI is InChI=1S/C22H30BrNO5SSi/c1-15-12-16(23)13-19(21(25)28-5)20(15)24-14-30(26,27)18-10-8-17(9-11-18)29-31(6,7)22(2,3)4/h8-13,24H,14H2,1-7H3. The van der Waals surface area contributed by atoms with Crippen LogP contribution in [0.25, 0.3) is 0 Å². The van der Waals surface area contributed by atoms with Gasteiger partial charge >= 0.3 is 5.97 Å². The summed E-state index contributed by atoms with van der Waals surface area (Å²) in [5, 5.41) is 2.94. The highest BCUT2D eigenvalue weighted by Crippen LogP contribution is 2.37. The Kier molecular flexibility index (Phi) is 7.66. The number of rotatable bonds is 7. The van der Waals surface area contributed by atoms with Gasteiger partial charge < -0.3 is 14.5 Å². The molecule has 0 aliphatic rings. The molecule has 0 radical (unpaired) electrons. The number of carbonyl (C=O) groups is 1. The van der Waals surface area contributed by atoms with Gasteiger partial charge in [-0.1, -0.05) is 36.7 Å². The fourth-order valence-corrected chi connectivity index (χ4v) is 5.32. The summed E-state index contributed by atoms with van der Waals surface area (Å²) in [7, 11) is -4.37. The quantitative estimate of drug-likeness (QED) is 0.363. The number of hydrogen-bond acceptors (Lipinski definition) is 6. The van der Waals surface area contributed by atoms with Crippen molar-refractivity contribution >= 4 is 45.7 Å². The summed E-state index contributed by atoms with van der Waals surface area (Å²) >= 11 is 3.35. The summed E-state index contributed by atoms with van der Waals surface area (Å²) in [4.78, 5) is 12.3. The molecule has 0 fully saturated rings. The molecule has 6 nitrogen and oxygen atoms in total. The van der Waals surface area contributed by atoms with Gasteiger partial charge in [0.05, 0.1) is 23.3 Å². The minimum absolute atomic E-state index is 0.0432. The monoisotopic (exact) mass is 527 g/mol. The first-order chi connectivity index (χ1) is 14.2. The maximum Gasteiger partial charge on any atom is 0.340 e. The second kappa shape index (κ2) is 9.34. The van der Waals surface area contributed by atoms with Gasteiger partial charge in [0.15, 0.2) is 9.84 Å². The fraction of sp³-hybridized carbons (Fsp3) is 0.409. The van der Waals surface area contributed by atoms with Gasteiger partial charge in [0.25, 0.3) is 0 Å². The van der Waals surface area contributed by atoms with Crippen LogP contribution in [-0.4, -0.2) is 35.7 Å². The Hall–Kier alpha value is -1.84. The molecule has 2 aromatic rings. The smallest absolute Gasteiger partial charge is 0.340 e. The second-order valence-electron chi connectivity index (χ2n) is 8.91. The van der Waals surface area contributed by atoms with Gasteiger partial charge in [-0.05, 0) is 67.0 Å². The van der Waals surface area contributed by atoms with Crippen molar-refractivity contribution in [3.63, 3.8) is 0 Å². The maximum atomic E-state index is 12.9. The van der Waals surface area contributed by atoms with E-state index in [9.17, 15) is 13.2 Å². The van der Waals surface area contributed by atoms with Gasteiger partial charge in [0, 0.05) is 4.47 Å². The van der Waals surface area contributed by atoms with E-state index in [0.29, 0.717) is 15.9 Å². The van der Waals surface area contributed by atoms with Crippen molar-refractivity contribution in [3.8, 4) is 5.75 Å². The number of benzene rings is 2. The predicted octanol–water partition coefficient (Wildman–Crippen LogP) is 5.77. The van der Waals surface area contributed by atoms with Crippen LogP contribution in [0.1, 0.15) is 36.7 Å². The van der Waals surface area contributed by atoms with Crippen LogP contribution in [0.15, 0.2) is 45.8 Å². The number of hydrogen-bond donors (Lipinski definition) is 1. The summed E-state index contributed by atoms with van der Waals surface area (Å²) < 4.78 is 37.5. The third-order valence-corrected chi connectivity index (χ3v) is 11.8. The first kappa shape index (κ1) is 25.4. The molecule has 0 spiro atoms. The highest BCUT2D eigenvalue weighted by atomic mass is 79.9. The van der Waals surface area contributed by atoms with Crippen LogP contribution in [0.4, 0.5) is 5.69 Å². The highest BCUT2D eigenvalue weighted by Gasteiger charge is 2.39. The zero-order valence-corrected chi connectivity index (χ0v) is 22.4. The molecule has 0 bridgehead atoms. The molecule has 170 valence electrons. The first-order valence-electron chi connectivity index (χ1n) is 9.82. The predicted molar refractivity (Wildman–Crippen MR) is 130 cm³/mol.